The van der Waals surface area contributed by atoms with Crippen molar-refractivity contribution in [1.29, 1.82) is 0 Å². The number of rotatable bonds is 4. The standard InChI is InChI=1S/C15H15N3O2S/c1-21(19,20)15-17-13-7-2-3-8-14(13)18(15)11-9-12-6-4-5-10-16-12/h2-8,10H,9,11H2,1H3. The molecule has 0 N–H and O–H groups in total. The molecule has 0 fully saturated rings. The first-order valence-electron chi connectivity index (χ1n) is 6.61. The van der Waals surface area contributed by atoms with E-state index in [1.807, 2.05) is 42.5 Å². The lowest BCUT2D eigenvalue weighted by Gasteiger charge is -2.07. The second-order valence-electron chi connectivity index (χ2n) is 4.88. The number of imidazole rings is 1. The van der Waals surface area contributed by atoms with Gasteiger partial charge in [0.2, 0.25) is 15.0 Å². The SMILES string of the molecule is CS(=O)(=O)c1nc2ccccc2n1CCc1ccccn1. The van der Waals surface area contributed by atoms with Gasteiger partial charge >= 0.3 is 0 Å². The van der Waals surface area contributed by atoms with Gasteiger partial charge in [-0.1, -0.05) is 18.2 Å². The zero-order chi connectivity index (χ0) is 14.9. The molecule has 1 aromatic carbocycles. The fourth-order valence-electron chi connectivity index (χ4n) is 2.32. The van der Waals surface area contributed by atoms with Crippen LogP contribution < -0.4 is 0 Å². The Labute approximate surface area is 123 Å². The second kappa shape index (κ2) is 5.29. The number of aromatic nitrogens is 3. The third kappa shape index (κ3) is 2.80. The Morgan fingerprint density at radius 1 is 1.10 bits per heavy atom. The molecule has 0 amide bonds. The quantitative estimate of drug-likeness (QED) is 0.740. The molecule has 2 heterocycles. The molecule has 21 heavy (non-hydrogen) atoms. The summed E-state index contributed by atoms with van der Waals surface area (Å²) in [6.07, 6.45) is 3.58. The smallest absolute Gasteiger partial charge is 0.228 e. The summed E-state index contributed by atoms with van der Waals surface area (Å²) in [7, 11) is -3.37. The largest absolute Gasteiger partial charge is 0.314 e. The van der Waals surface area contributed by atoms with Crippen molar-refractivity contribution in [2.75, 3.05) is 6.26 Å². The molecule has 5 nitrogen and oxygen atoms in total. The third-order valence-electron chi connectivity index (χ3n) is 3.27. The minimum absolute atomic E-state index is 0.111. The number of nitrogens with zero attached hydrogens (tertiary/aromatic N) is 3. The lowest BCUT2D eigenvalue weighted by molar-refractivity contribution is 0.569. The van der Waals surface area contributed by atoms with Gasteiger partial charge in [0.25, 0.3) is 0 Å². The second-order valence-corrected chi connectivity index (χ2v) is 6.79. The Balaban J connectivity index is 2.03. The fourth-order valence-corrected chi connectivity index (χ4v) is 3.18. The van der Waals surface area contributed by atoms with Gasteiger partial charge in [0, 0.05) is 31.1 Å². The zero-order valence-corrected chi connectivity index (χ0v) is 12.4. The van der Waals surface area contributed by atoms with Crippen molar-refractivity contribution < 1.29 is 8.42 Å². The number of hydrogen-bond acceptors (Lipinski definition) is 4. The minimum Gasteiger partial charge on any atom is -0.314 e. The van der Waals surface area contributed by atoms with E-state index in [0.29, 0.717) is 18.5 Å². The predicted octanol–water partition coefficient (Wildman–Crippen LogP) is 2.08. The Morgan fingerprint density at radius 2 is 1.86 bits per heavy atom. The maximum absolute atomic E-state index is 11.9. The monoisotopic (exact) mass is 301 g/mol. The van der Waals surface area contributed by atoms with Gasteiger partial charge in [0.05, 0.1) is 11.0 Å². The number of para-hydroxylation sites is 2. The van der Waals surface area contributed by atoms with Gasteiger partial charge in [-0.15, -0.1) is 0 Å². The summed E-state index contributed by atoms with van der Waals surface area (Å²) in [5.74, 6) is 0. The van der Waals surface area contributed by atoms with Crippen molar-refractivity contribution in [1.82, 2.24) is 14.5 Å². The summed E-state index contributed by atoms with van der Waals surface area (Å²) in [5.41, 5.74) is 2.45. The molecule has 0 saturated carbocycles. The van der Waals surface area contributed by atoms with E-state index >= 15 is 0 Å². The van der Waals surface area contributed by atoms with Gasteiger partial charge < -0.3 is 4.57 Å². The first kappa shape index (κ1) is 13.8. The molecule has 3 rings (SSSR count). The molecular formula is C15H15N3O2S. The van der Waals surface area contributed by atoms with Crippen LogP contribution in [-0.4, -0.2) is 29.2 Å². The third-order valence-corrected chi connectivity index (χ3v) is 4.24. The van der Waals surface area contributed by atoms with E-state index in [0.717, 1.165) is 11.2 Å². The van der Waals surface area contributed by atoms with E-state index in [4.69, 9.17) is 0 Å². The molecule has 3 aromatic rings. The van der Waals surface area contributed by atoms with Gasteiger partial charge in [-0.2, -0.15) is 0 Å². The lowest BCUT2D eigenvalue weighted by Crippen LogP contribution is -2.11. The molecule has 0 atom stereocenters. The first-order valence-corrected chi connectivity index (χ1v) is 8.50. The van der Waals surface area contributed by atoms with Crippen LogP contribution in [0.15, 0.2) is 53.8 Å². The topological polar surface area (TPSA) is 64.8 Å². The van der Waals surface area contributed by atoms with Crippen LogP contribution in [0.1, 0.15) is 5.69 Å². The highest BCUT2D eigenvalue weighted by Crippen LogP contribution is 2.19. The van der Waals surface area contributed by atoms with Crippen LogP contribution in [0.4, 0.5) is 0 Å². The van der Waals surface area contributed by atoms with Crippen LogP contribution >= 0.6 is 0 Å². The van der Waals surface area contributed by atoms with Crippen molar-refractivity contribution in [3.63, 3.8) is 0 Å². The van der Waals surface area contributed by atoms with Gasteiger partial charge in [0.15, 0.2) is 0 Å². The van der Waals surface area contributed by atoms with E-state index in [9.17, 15) is 8.42 Å². The number of aryl methyl sites for hydroxylation is 2. The molecule has 0 spiro atoms. The van der Waals surface area contributed by atoms with Crippen molar-refractivity contribution in [3.8, 4) is 0 Å². The summed E-state index contributed by atoms with van der Waals surface area (Å²) < 4.78 is 25.6. The fraction of sp³-hybridized carbons (Fsp3) is 0.200. The number of benzene rings is 1. The number of pyridine rings is 1. The average molecular weight is 301 g/mol. The molecule has 108 valence electrons. The average Bonchev–Trinajstić information content (AvgIpc) is 2.85. The van der Waals surface area contributed by atoms with Crippen LogP contribution in [0.2, 0.25) is 0 Å². The Kier molecular flexibility index (Phi) is 3.47. The van der Waals surface area contributed by atoms with E-state index in [1.165, 1.54) is 6.26 Å². The summed E-state index contributed by atoms with van der Waals surface area (Å²) in [5, 5.41) is 0.111. The van der Waals surface area contributed by atoms with Gasteiger partial charge in [-0.05, 0) is 24.3 Å². The first-order chi connectivity index (χ1) is 10.1. The number of sulfone groups is 1. The van der Waals surface area contributed by atoms with E-state index in [1.54, 1.807) is 10.8 Å². The van der Waals surface area contributed by atoms with Crippen LogP contribution in [-0.2, 0) is 22.8 Å². The molecular weight excluding hydrogens is 286 g/mol. The highest BCUT2D eigenvalue weighted by molar-refractivity contribution is 7.90. The van der Waals surface area contributed by atoms with E-state index in [2.05, 4.69) is 9.97 Å². The number of hydrogen-bond donors (Lipinski definition) is 0. The van der Waals surface area contributed by atoms with Crippen molar-refractivity contribution in [2.45, 2.75) is 18.1 Å². The van der Waals surface area contributed by atoms with Crippen LogP contribution in [0.25, 0.3) is 11.0 Å². The minimum atomic E-state index is -3.37. The van der Waals surface area contributed by atoms with Crippen molar-refractivity contribution in [2.24, 2.45) is 0 Å². The Bertz CT molecular complexity index is 870. The van der Waals surface area contributed by atoms with Crippen LogP contribution in [0.3, 0.4) is 0 Å². The maximum atomic E-state index is 11.9. The summed E-state index contributed by atoms with van der Waals surface area (Å²) in [6, 6.07) is 13.2. The molecule has 0 aliphatic carbocycles. The van der Waals surface area contributed by atoms with E-state index in [-0.39, 0.29) is 5.16 Å². The molecule has 0 bridgehead atoms. The normalized spacial score (nSPS) is 11.9. The molecule has 6 heteroatoms. The lowest BCUT2D eigenvalue weighted by atomic mass is 10.2. The van der Waals surface area contributed by atoms with Crippen LogP contribution in [0.5, 0.6) is 0 Å². The molecule has 0 saturated heterocycles. The zero-order valence-electron chi connectivity index (χ0n) is 11.6. The van der Waals surface area contributed by atoms with Gasteiger partial charge in [0.1, 0.15) is 0 Å². The molecule has 2 aromatic heterocycles. The summed E-state index contributed by atoms with van der Waals surface area (Å²) in [4.78, 5) is 8.52. The van der Waals surface area contributed by atoms with Gasteiger partial charge in [-0.25, -0.2) is 13.4 Å². The van der Waals surface area contributed by atoms with Crippen molar-refractivity contribution >= 4 is 20.9 Å². The Morgan fingerprint density at radius 3 is 2.57 bits per heavy atom. The molecule has 0 radical (unpaired) electrons. The van der Waals surface area contributed by atoms with Crippen LogP contribution in [0, 0.1) is 0 Å². The summed E-state index contributed by atoms with van der Waals surface area (Å²) >= 11 is 0. The number of fused-ring (bicyclic) bond motifs is 1. The molecule has 0 aliphatic heterocycles. The van der Waals surface area contributed by atoms with Crippen molar-refractivity contribution in [3.05, 3.63) is 54.4 Å². The van der Waals surface area contributed by atoms with E-state index < -0.39 is 9.84 Å². The molecule has 0 aliphatic rings. The van der Waals surface area contributed by atoms with Gasteiger partial charge in [-0.3, -0.25) is 4.98 Å². The molecule has 0 unspecified atom stereocenters. The predicted molar refractivity (Wildman–Crippen MR) is 80.8 cm³/mol. The maximum Gasteiger partial charge on any atom is 0.228 e. The summed E-state index contributed by atoms with van der Waals surface area (Å²) in [6.45, 7) is 0.528. The highest BCUT2D eigenvalue weighted by atomic mass is 32.2. The highest BCUT2D eigenvalue weighted by Gasteiger charge is 2.18. The Hall–Kier alpha value is -2.21.